The molecule has 3 nitrogen and oxygen atoms in total. The van der Waals surface area contributed by atoms with Crippen molar-refractivity contribution in [3.63, 3.8) is 0 Å². The second-order valence-corrected chi connectivity index (χ2v) is 8.62. The molecule has 0 saturated carbocycles. The van der Waals surface area contributed by atoms with Gasteiger partial charge in [0.25, 0.3) is 0 Å². The van der Waals surface area contributed by atoms with Crippen LogP contribution in [0.2, 0.25) is 0 Å². The normalized spacial score (nSPS) is 17.9. The lowest BCUT2D eigenvalue weighted by Gasteiger charge is -2.39. The summed E-state index contributed by atoms with van der Waals surface area (Å²) in [5.41, 5.74) is 0. The standard InChI is InChI=1S/C13H2F24O3S/c14-1(2(15)4(17,18)6(21,22)8(25,26)10(29,30)12(33,34)35)3(16)5(19,20)7(23,24)9(27,28)11(31,32)13(36,37)41(38,39)40/h3H,(H,38,39,40)/b2-1+. The Morgan fingerprint density at radius 1 is 0.512 bits per heavy atom. The van der Waals surface area contributed by atoms with Crippen molar-refractivity contribution in [3.8, 4) is 0 Å². The number of allylic oxidation sites excluding steroid dienone is 2. The van der Waals surface area contributed by atoms with Gasteiger partial charge in [-0.15, -0.1) is 0 Å². The third kappa shape index (κ3) is 5.02. The summed E-state index contributed by atoms with van der Waals surface area (Å²) in [7, 11) is -8.04. The van der Waals surface area contributed by atoms with Gasteiger partial charge in [0.05, 0.1) is 0 Å². The zero-order valence-corrected chi connectivity index (χ0v) is 18.1. The van der Waals surface area contributed by atoms with Crippen LogP contribution in [-0.2, 0) is 10.1 Å². The molecule has 1 unspecified atom stereocenters. The minimum atomic E-state index is -8.84. The quantitative estimate of drug-likeness (QED) is 0.179. The Morgan fingerprint density at radius 3 is 1.12 bits per heavy atom. The predicted octanol–water partition coefficient (Wildman–Crippen LogP) is 7.60. The first kappa shape index (κ1) is 39.0. The number of halogens is 24. The molecular formula is C13H2F24O3S. The van der Waals surface area contributed by atoms with Crippen LogP contribution in [0.3, 0.4) is 0 Å². The van der Waals surface area contributed by atoms with Gasteiger partial charge < -0.3 is 0 Å². The van der Waals surface area contributed by atoms with E-state index in [9.17, 15) is 114 Å². The minimum absolute atomic E-state index is 5.51. The van der Waals surface area contributed by atoms with Crippen molar-refractivity contribution < 1.29 is 118 Å². The molecule has 246 valence electrons. The Balaban J connectivity index is 7.16. The van der Waals surface area contributed by atoms with E-state index in [1.54, 1.807) is 0 Å². The molecule has 0 aliphatic carbocycles. The van der Waals surface area contributed by atoms with Gasteiger partial charge in [-0.3, -0.25) is 4.55 Å². The Hall–Kier alpha value is -2.03. The maximum atomic E-state index is 13.5. The molecular weight excluding hydrogens is 692 g/mol. The second kappa shape index (κ2) is 9.75. The second-order valence-electron chi connectivity index (χ2n) is 7.16. The molecule has 0 aliphatic heterocycles. The van der Waals surface area contributed by atoms with Crippen LogP contribution >= 0.6 is 0 Å². The van der Waals surface area contributed by atoms with Gasteiger partial charge >= 0.3 is 68.9 Å². The third-order valence-corrected chi connectivity index (χ3v) is 5.37. The monoisotopic (exact) mass is 694 g/mol. The summed E-state index contributed by atoms with van der Waals surface area (Å²) in [6.45, 7) is 0. The first-order chi connectivity index (χ1) is 17.2. The van der Waals surface area contributed by atoms with E-state index in [1.165, 1.54) is 0 Å². The number of rotatable bonds is 11. The maximum absolute atomic E-state index is 13.5. The van der Waals surface area contributed by atoms with Gasteiger partial charge in [0.2, 0.25) is 12.0 Å². The van der Waals surface area contributed by atoms with Gasteiger partial charge in [-0.1, -0.05) is 0 Å². The highest BCUT2D eigenvalue weighted by Gasteiger charge is 2.91. The fraction of sp³-hybridized carbons (Fsp3) is 0.846. The molecule has 0 saturated heterocycles. The summed E-state index contributed by atoms with van der Waals surface area (Å²) in [5.74, 6) is -80.3. The van der Waals surface area contributed by atoms with E-state index in [4.69, 9.17) is 4.55 Å². The highest BCUT2D eigenvalue weighted by molar-refractivity contribution is 7.87. The number of hydrogen-bond donors (Lipinski definition) is 1. The zero-order chi connectivity index (χ0) is 34.2. The van der Waals surface area contributed by atoms with Gasteiger partial charge in [-0.25, -0.2) is 13.2 Å². The van der Waals surface area contributed by atoms with E-state index in [0.717, 1.165) is 0 Å². The molecule has 0 rings (SSSR count). The topological polar surface area (TPSA) is 54.4 Å². The Bertz CT molecular complexity index is 1130. The van der Waals surface area contributed by atoms with Crippen LogP contribution in [0.15, 0.2) is 11.7 Å². The molecule has 0 bridgehead atoms. The smallest absolute Gasteiger partial charge is 0.281 e. The summed E-state index contributed by atoms with van der Waals surface area (Å²) in [6.07, 6.45) is -14.9. The lowest BCUT2D eigenvalue weighted by atomic mass is 9.93. The van der Waals surface area contributed by atoms with E-state index in [1.807, 2.05) is 0 Å². The molecule has 0 amide bonds. The van der Waals surface area contributed by atoms with Gasteiger partial charge in [0, 0.05) is 0 Å². The van der Waals surface area contributed by atoms with Crippen LogP contribution < -0.4 is 0 Å². The average molecular weight is 694 g/mol. The Morgan fingerprint density at radius 2 is 0.829 bits per heavy atom. The maximum Gasteiger partial charge on any atom is 0.460 e. The summed E-state index contributed by atoms with van der Waals surface area (Å²) < 4.78 is 341. The van der Waals surface area contributed by atoms with Crippen molar-refractivity contribution in [2.75, 3.05) is 0 Å². The molecule has 1 N–H and O–H groups in total. The highest BCUT2D eigenvalue weighted by atomic mass is 32.2. The van der Waals surface area contributed by atoms with E-state index < -0.39 is 86.8 Å². The van der Waals surface area contributed by atoms with E-state index in [-0.39, 0.29) is 0 Å². The van der Waals surface area contributed by atoms with E-state index >= 15 is 0 Å². The molecule has 0 aromatic heterocycles. The summed E-state index contributed by atoms with van der Waals surface area (Å²) >= 11 is 0. The van der Waals surface area contributed by atoms with Crippen molar-refractivity contribution in [2.24, 2.45) is 0 Å². The average Bonchev–Trinajstić information content (AvgIpc) is 2.74. The molecule has 0 aliphatic rings. The molecule has 1 atom stereocenters. The van der Waals surface area contributed by atoms with E-state index in [2.05, 4.69) is 0 Å². The van der Waals surface area contributed by atoms with Crippen molar-refractivity contribution in [3.05, 3.63) is 11.7 Å². The van der Waals surface area contributed by atoms with Crippen LogP contribution in [0.4, 0.5) is 105 Å². The van der Waals surface area contributed by atoms with Crippen molar-refractivity contribution in [1.29, 1.82) is 0 Å². The molecule has 0 heterocycles. The highest BCUT2D eigenvalue weighted by Crippen LogP contribution is 2.62. The molecule has 0 fully saturated rings. The predicted molar refractivity (Wildman–Crippen MR) is 76.3 cm³/mol. The van der Waals surface area contributed by atoms with Gasteiger partial charge in [0.15, 0.2) is 5.83 Å². The molecule has 41 heavy (non-hydrogen) atoms. The van der Waals surface area contributed by atoms with Crippen molar-refractivity contribution in [2.45, 2.75) is 65.0 Å². The van der Waals surface area contributed by atoms with Crippen molar-refractivity contribution in [1.82, 2.24) is 0 Å². The van der Waals surface area contributed by atoms with Gasteiger partial charge in [0.1, 0.15) is 0 Å². The summed E-state index contributed by atoms with van der Waals surface area (Å²) in [6, 6.07) is 0. The summed E-state index contributed by atoms with van der Waals surface area (Å²) in [5, 5.41) is -7.97. The van der Waals surface area contributed by atoms with Crippen LogP contribution in [0.25, 0.3) is 0 Å². The molecule has 0 aromatic rings. The van der Waals surface area contributed by atoms with Gasteiger partial charge in [-0.05, 0) is 0 Å². The Kier molecular flexibility index (Phi) is 9.26. The zero-order valence-electron chi connectivity index (χ0n) is 17.3. The van der Waals surface area contributed by atoms with Crippen molar-refractivity contribution >= 4 is 10.1 Å². The minimum Gasteiger partial charge on any atom is -0.281 e. The third-order valence-electron chi connectivity index (χ3n) is 4.46. The Labute approximate surface area is 206 Å². The van der Waals surface area contributed by atoms with Crippen LogP contribution in [0.1, 0.15) is 0 Å². The first-order valence-electron chi connectivity index (χ1n) is 8.36. The summed E-state index contributed by atoms with van der Waals surface area (Å²) in [4.78, 5) is 0. The van der Waals surface area contributed by atoms with Crippen LogP contribution in [0, 0.1) is 0 Å². The lowest BCUT2D eigenvalue weighted by Crippen LogP contribution is -2.70. The fourth-order valence-electron chi connectivity index (χ4n) is 2.04. The van der Waals surface area contributed by atoms with E-state index in [0.29, 0.717) is 0 Å². The number of alkyl halides is 22. The fourth-order valence-corrected chi connectivity index (χ4v) is 2.49. The van der Waals surface area contributed by atoms with Crippen LogP contribution in [-0.4, -0.2) is 78.0 Å². The molecule has 28 heteroatoms. The van der Waals surface area contributed by atoms with Gasteiger partial charge in [-0.2, -0.15) is 101 Å². The number of hydrogen-bond acceptors (Lipinski definition) is 2. The molecule has 0 radical (unpaired) electrons. The lowest BCUT2D eigenvalue weighted by molar-refractivity contribution is -0.419. The molecule has 0 aromatic carbocycles. The first-order valence-corrected chi connectivity index (χ1v) is 9.80. The van der Waals surface area contributed by atoms with Crippen LogP contribution in [0.5, 0.6) is 0 Å². The SMILES string of the molecule is O=S(=O)(O)C(F)(F)C(F)(F)C(F)(F)C(F)(F)C(F)(F)C(F)/C(F)=C(\F)C(F)(F)C(F)(F)C(F)(F)C(F)(F)C(F)(F)F. The largest absolute Gasteiger partial charge is 0.460 e. The molecule has 0 spiro atoms.